The first-order chi connectivity index (χ1) is 11.0. The molecule has 1 unspecified atom stereocenters. The summed E-state index contributed by atoms with van der Waals surface area (Å²) in [6.45, 7) is 0.911. The van der Waals surface area contributed by atoms with E-state index in [1.165, 1.54) is 5.56 Å². The number of rotatable bonds is 1. The van der Waals surface area contributed by atoms with Gasteiger partial charge < -0.3 is 14.4 Å². The minimum absolute atomic E-state index is 0.0665. The third-order valence-electron chi connectivity index (χ3n) is 6.37. The fourth-order valence-corrected chi connectivity index (χ4v) is 5.43. The van der Waals surface area contributed by atoms with Crippen LogP contribution in [0, 0.1) is 5.92 Å². The summed E-state index contributed by atoms with van der Waals surface area (Å²) >= 11 is 0. The van der Waals surface area contributed by atoms with Gasteiger partial charge in [-0.1, -0.05) is 6.07 Å². The van der Waals surface area contributed by atoms with E-state index in [0.29, 0.717) is 29.9 Å². The number of ketones is 1. The molecule has 2 heterocycles. The molecule has 1 spiro atoms. The lowest BCUT2D eigenvalue weighted by Gasteiger charge is -2.57. The van der Waals surface area contributed by atoms with Gasteiger partial charge in [0, 0.05) is 23.4 Å². The van der Waals surface area contributed by atoms with E-state index in [1.54, 1.807) is 7.11 Å². The highest BCUT2D eigenvalue weighted by molar-refractivity contribution is 5.89. The third-order valence-corrected chi connectivity index (χ3v) is 6.37. The largest absolute Gasteiger partial charge is 0.493 e. The molecule has 1 saturated carbocycles. The number of hydrogen-bond acceptors (Lipinski definition) is 4. The van der Waals surface area contributed by atoms with E-state index in [9.17, 15) is 4.79 Å². The summed E-state index contributed by atoms with van der Waals surface area (Å²) < 4.78 is 20.6. The maximum atomic E-state index is 12.8. The molecule has 5 rings (SSSR count). The number of hydrogen-bond donors (Lipinski definition) is 0. The van der Waals surface area contributed by atoms with E-state index in [4.69, 9.17) is 10.8 Å². The van der Waals surface area contributed by atoms with E-state index < -0.39 is 11.5 Å². The van der Waals surface area contributed by atoms with E-state index in [2.05, 4.69) is 18.0 Å². The zero-order chi connectivity index (χ0) is 16.0. The first-order valence-corrected chi connectivity index (χ1v) is 8.16. The van der Waals surface area contributed by atoms with Crippen LogP contribution < -0.4 is 9.47 Å². The summed E-state index contributed by atoms with van der Waals surface area (Å²) in [6, 6.07) is 4.43. The summed E-state index contributed by atoms with van der Waals surface area (Å²) in [5, 5.41) is 0. The number of carbonyl (C=O) groups excluding carboxylic acids is 1. The fraction of sp³-hybridized carbons (Fsp3) is 0.611. The molecule has 1 aromatic carbocycles. The van der Waals surface area contributed by atoms with Crippen LogP contribution in [0.3, 0.4) is 0 Å². The zero-order valence-electron chi connectivity index (χ0n) is 14.0. The van der Waals surface area contributed by atoms with Gasteiger partial charge >= 0.3 is 0 Å². The van der Waals surface area contributed by atoms with Gasteiger partial charge in [-0.3, -0.25) is 4.79 Å². The molecular formula is C18H21NO3. The Kier molecular flexibility index (Phi) is 2.20. The Hall–Kier alpha value is -1.55. The number of methoxy groups -OCH3 is 1. The summed E-state index contributed by atoms with van der Waals surface area (Å²) in [5.41, 5.74) is 1.85. The summed E-state index contributed by atoms with van der Waals surface area (Å²) in [5.74, 6) is 1.56. The Morgan fingerprint density at radius 1 is 1.50 bits per heavy atom. The van der Waals surface area contributed by atoms with Crippen LogP contribution in [-0.2, 0) is 16.6 Å². The molecule has 4 atom stereocenters. The second-order valence-electron chi connectivity index (χ2n) is 7.10. The van der Waals surface area contributed by atoms with Gasteiger partial charge in [0.15, 0.2) is 23.4 Å². The molecule has 0 N–H and O–H groups in total. The Labute approximate surface area is 131 Å². The van der Waals surface area contributed by atoms with Gasteiger partial charge in [-0.25, -0.2) is 0 Å². The predicted octanol–water partition coefficient (Wildman–Crippen LogP) is 1.93. The standard InChI is InChI=1S/C18H21NO3/c1-19-8-7-18-11-4-5-13(20)17(18)22-16-14(21-2)6-3-10(15(16)18)9-12(11)19/h3,6,11-12,17H,4-5,7-9H2,1-2H3/t11-,12+,17?,18-/m0/s1/i17D. The number of benzene rings is 1. The molecule has 2 bridgehead atoms. The maximum absolute atomic E-state index is 12.8. The van der Waals surface area contributed by atoms with Gasteiger partial charge in [-0.15, -0.1) is 0 Å². The molecule has 2 aliphatic heterocycles. The monoisotopic (exact) mass is 300 g/mol. The topological polar surface area (TPSA) is 38.8 Å². The Bertz CT molecular complexity index is 735. The van der Waals surface area contributed by atoms with E-state index in [-0.39, 0.29) is 5.78 Å². The maximum Gasteiger partial charge on any atom is 0.174 e. The number of nitrogens with zero attached hydrogens (tertiary/aromatic N) is 1. The molecule has 2 fully saturated rings. The summed E-state index contributed by atoms with van der Waals surface area (Å²) in [4.78, 5) is 15.2. The van der Waals surface area contributed by atoms with Crippen LogP contribution in [0.2, 0.25) is 0 Å². The van der Waals surface area contributed by atoms with Crippen LogP contribution in [0.25, 0.3) is 0 Å². The van der Waals surface area contributed by atoms with Crippen molar-refractivity contribution < 1.29 is 15.6 Å². The van der Waals surface area contributed by atoms with Crippen LogP contribution in [0.1, 0.15) is 31.8 Å². The fourth-order valence-electron chi connectivity index (χ4n) is 5.43. The number of carbonyl (C=O) groups is 1. The van der Waals surface area contributed by atoms with Crippen molar-refractivity contribution in [3.05, 3.63) is 23.3 Å². The lowest BCUT2D eigenvalue weighted by atomic mass is 9.52. The van der Waals surface area contributed by atoms with Crippen molar-refractivity contribution in [3.63, 3.8) is 0 Å². The van der Waals surface area contributed by atoms with Gasteiger partial charge in [0.2, 0.25) is 0 Å². The van der Waals surface area contributed by atoms with Crippen LogP contribution in [0.15, 0.2) is 12.1 Å². The van der Waals surface area contributed by atoms with Gasteiger partial charge in [-0.2, -0.15) is 0 Å². The molecule has 0 radical (unpaired) electrons. The van der Waals surface area contributed by atoms with Gasteiger partial charge in [-0.05, 0) is 50.4 Å². The zero-order valence-corrected chi connectivity index (χ0v) is 13.0. The molecular weight excluding hydrogens is 278 g/mol. The lowest BCUT2D eigenvalue weighted by molar-refractivity contribution is -0.138. The quantitative estimate of drug-likeness (QED) is 0.794. The smallest absolute Gasteiger partial charge is 0.174 e. The molecule has 0 aromatic heterocycles. The number of Topliss-reactive ketones (excluding diaryl/α,β-unsaturated/α-hetero) is 1. The van der Waals surface area contributed by atoms with Gasteiger partial charge in [0.05, 0.1) is 8.48 Å². The van der Waals surface area contributed by atoms with E-state index in [0.717, 1.165) is 31.4 Å². The normalized spacial score (nSPS) is 42.5. The second-order valence-corrected chi connectivity index (χ2v) is 7.10. The SMILES string of the molecule is [2H]C12Oc3c(OC)ccc4c3[C@@]13CCN(C)[C@H](C4)[C@@H]3CCC2=O. The highest BCUT2D eigenvalue weighted by Crippen LogP contribution is 2.62. The molecule has 4 heteroatoms. The van der Waals surface area contributed by atoms with Crippen molar-refractivity contribution in [1.82, 2.24) is 4.90 Å². The van der Waals surface area contributed by atoms with Gasteiger partial charge in [0.25, 0.3) is 0 Å². The predicted molar refractivity (Wildman–Crippen MR) is 81.6 cm³/mol. The Balaban J connectivity index is 1.86. The molecule has 1 saturated heterocycles. The molecule has 22 heavy (non-hydrogen) atoms. The average Bonchev–Trinajstić information content (AvgIpc) is 2.82. The first kappa shape index (κ1) is 11.9. The molecule has 4 nitrogen and oxygen atoms in total. The second kappa shape index (κ2) is 4.05. The molecule has 2 aliphatic carbocycles. The van der Waals surface area contributed by atoms with Crippen molar-refractivity contribution in [1.29, 1.82) is 0 Å². The van der Waals surface area contributed by atoms with Crippen molar-refractivity contribution >= 4 is 5.78 Å². The van der Waals surface area contributed by atoms with Gasteiger partial charge in [0.1, 0.15) is 0 Å². The number of likely N-dealkylation sites (N-methyl/N-ethyl adjacent to an activating group) is 1. The molecule has 1 aromatic rings. The van der Waals surface area contributed by atoms with Crippen molar-refractivity contribution in [2.45, 2.75) is 43.2 Å². The lowest BCUT2D eigenvalue weighted by Crippen LogP contribution is -2.65. The highest BCUT2D eigenvalue weighted by atomic mass is 16.5. The molecule has 116 valence electrons. The van der Waals surface area contributed by atoms with Crippen molar-refractivity contribution in [2.75, 3.05) is 20.7 Å². The van der Waals surface area contributed by atoms with E-state index in [1.807, 2.05) is 6.07 Å². The highest BCUT2D eigenvalue weighted by Gasteiger charge is 2.65. The summed E-state index contributed by atoms with van der Waals surface area (Å²) in [7, 11) is 3.79. The third kappa shape index (κ3) is 1.27. The van der Waals surface area contributed by atoms with Crippen molar-refractivity contribution in [3.8, 4) is 11.5 Å². The Morgan fingerprint density at radius 3 is 3.18 bits per heavy atom. The number of piperidine rings is 1. The minimum Gasteiger partial charge on any atom is -0.493 e. The van der Waals surface area contributed by atoms with Crippen LogP contribution in [0.4, 0.5) is 0 Å². The molecule has 0 amide bonds. The van der Waals surface area contributed by atoms with Crippen LogP contribution in [-0.4, -0.2) is 43.5 Å². The van der Waals surface area contributed by atoms with Crippen molar-refractivity contribution in [2.24, 2.45) is 5.92 Å². The first-order valence-electron chi connectivity index (χ1n) is 8.66. The van der Waals surface area contributed by atoms with Crippen LogP contribution >= 0.6 is 0 Å². The molecule has 4 aliphatic rings. The minimum atomic E-state index is -1.47. The Morgan fingerprint density at radius 2 is 2.36 bits per heavy atom. The average molecular weight is 300 g/mol. The van der Waals surface area contributed by atoms with Crippen LogP contribution in [0.5, 0.6) is 11.5 Å². The number of ether oxygens (including phenoxy) is 2. The number of likely N-dealkylation sites (tertiary alicyclic amines) is 1. The van der Waals surface area contributed by atoms with E-state index >= 15 is 0 Å². The summed E-state index contributed by atoms with van der Waals surface area (Å²) in [6.07, 6.45) is 1.64.